The summed E-state index contributed by atoms with van der Waals surface area (Å²) in [6.45, 7) is 13.0. The highest BCUT2D eigenvalue weighted by molar-refractivity contribution is 6.33. The van der Waals surface area contributed by atoms with Crippen LogP contribution in [-0.4, -0.2) is 68.9 Å². The summed E-state index contributed by atoms with van der Waals surface area (Å²) in [5.41, 5.74) is 91.0. The van der Waals surface area contributed by atoms with Gasteiger partial charge in [-0.05, 0) is 211 Å². The minimum atomic E-state index is -1.02. The van der Waals surface area contributed by atoms with Gasteiger partial charge in [-0.25, -0.2) is 19.6 Å². The van der Waals surface area contributed by atoms with Crippen molar-refractivity contribution in [2.24, 2.45) is 0 Å². The molecule has 0 aromatic heterocycles. The summed E-state index contributed by atoms with van der Waals surface area (Å²) < 4.78 is 0. The number of benzene rings is 4. The summed E-state index contributed by atoms with van der Waals surface area (Å²) in [6.07, 6.45) is 9.21. The van der Waals surface area contributed by atoms with Crippen LogP contribution in [0.25, 0.3) is 0 Å². The maximum absolute atomic E-state index is 15.2. The Bertz CT molecular complexity index is 6160. The van der Waals surface area contributed by atoms with Crippen molar-refractivity contribution in [1.82, 2.24) is 9.80 Å². The van der Waals surface area contributed by atoms with Gasteiger partial charge < -0.3 is 0 Å². The highest BCUT2D eigenvalue weighted by Gasteiger charge is 2.45. The minimum absolute atomic E-state index is 0.105. The van der Waals surface area contributed by atoms with E-state index in [-0.39, 0.29) is 11.4 Å². The van der Waals surface area contributed by atoms with Gasteiger partial charge >= 0.3 is 0 Å². The minimum Gasteiger partial charge on any atom is -0.274 e. The highest BCUT2D eigenvalue weighted by Crippen LogP contribution is 2.38. The third-order valence-electron chi connectivity index (χ3n) is 15.0. The molecule has 106 heavy (non-hydrogen) atoms. The number of carbonyl (C=O) groups is 10. The Morgan fingerprint density at radius 1 is 0.330 bits per heavy atom. The van der Waals surface area contributed by atoms with Crippen LogP contribution >= 0.6 is 0 Å². The molecule has 4 aliphatic rings. The van der Waals surface area contributed by atoms with Crippen LogP contribution in [-0.2, 0) is 86.5 Å². The monoisotopic (exact) mass is 1370 g/mol. The van der Waals surface area contributed by atoms with Crippen LogP contribution in [0.1, 0.15) is 86.1 Å². The summed E-state index contributed by atoms with van der Waals surface area (Å²) in [6, 6.07) is 20.9. The second kappa shape index (κ2) is 37.5. The Hall–Kier alpha value is -16.4. The third-order valence-corrected chi connectivity index (χ3v) is 15.0. The highest BCUT2D eigenvalue weighted by atomic mass is 16.2. The molecule has 4 heterocycles. The summed E-state index contributed by atoms with van der Waals surface area (Å²) >= 11 is 0. The lowest BCUT2D eigenvalue weighted by Crippen LogP contribution is -2.44. The van der Waals surface area contributed by atoms with E-state index in [1.807, 2.05) is 52.0 Å². The van der Waals surface area contributed by atoms with Crippen molar-refractivity contribution < 1.29 is 47.9 Å². The first-order chi connectivity index (χ1) is 51.4. The largest absolute Gasteiger partial charge is 0.282 e. The number of aryl methyl sites for hydroxylation is 4. The zero-order chi connectivity index (χ0) is 75.9. The van der Waals surface area contributed by atoms with E-state index >= 15 is 4.79 Å². The Morgan fingerprint density at radius 2 is 0.594 bits per heavy atom. The summed E-state index contributed by atoms with van der Waals surface area (Å²) in [5, 5.41) is 0. The van der Waals surface area contributed by atoms with Crippen molar-refractivity contribution >= 4 is 81.8 Å². The molecule has 8 rings (SSSR count). The van der Waals surface area contributed by atoms with Crippen LogP contribution in [0, 0.1) is 0 Å². The first kappa shape index (κ1) is 75.4. The topological polar surface area (TPSA) is 190 Å². The van der Waals surface area contributed by atoms with Crippen molar-refractivity contribution in [3.63, 3.8) is 0 Å². The van der Waals surface area contributed by atoms with Crippen LogP contribution in [0.2, 0.25) is 0 Å². The molecule has 0 N–H and O–H groups in total. The van der Waals surface area contributed by atoms with Crippen LogP contribution in [0.5, 0.6) is 0 Å². The average Bonchev–Trinajstić information content (AvgIpc) is 1.58. The van der Waals surface area contributed by atoms with E-state index in [2.05, 4.69) is 201 Å². The molecule has 4 aliphatic heterocycles. The van der Waals surface area contributed by atoms with Crippen molar-refractivity contribution in [2.45, 2.75) is 80.1 Å². The van der Waals surface area contributed by atoms with Crippen molar-refractivity contribution in [3.8, 4) is 0 Å². The quantitative estimate of drug-likeness (QED) is 0.0770. The van der Waals surface area contributed by atoms with Crippen molar-refractivity contribution in [2.75, 3.05) is 19.6 Å². The lowest BCUT2D eigenvalue weighted by atomic mass is 9.92. The number of anilines is 4. The van der Waals surface area contributed by atoms with Gasteiger partial charge in [-0.15, -0.1) is 0 Å². The molecule has 500 valence electrons. The summed E-state index contributed by atoms with van der Waals surface area (Å²) in [7, 11) is 0. The standard InChI is InChI=1S/C90H50N6O10/c1-8-13-14-15-16-17-18-19-20-21-22-23-24-25-26-27-28-29-30-31-32-33-34-35-36-37-38-39-40-41-42-43-44-45-80(91(66(6)97)78-64-85(103)94(89(78)105)77-52-48-69(49-53-77)58-68-46-50-76(51-47-68)93-81(99)54-55-82(93)100)92(67(7)98)79-65-86(104)96(90(79)106)88-74(11-4)62-71(63-75(88)12-5)59-70-60-72(9-2)87(73(10-3)61-70)95-83(101)56-57-84(95)102/h46-57,60-65H,1,9-12,58-59H2,2-7H3. The molecule has 0 radical (unpaired) electrons. The Labute approximate surface area is 608 Å². The van der Waals surface area contributed by atoms with E-state index < -0.39 is 76.3 Å². The maximum Gasteiger partial charge on any atom is 0.282 e. The molecule has 16 heteroatoms. The maximum atomic E-state index is 15.2. The van der Waals surface area contributed by atoms with E-state index in [0.29, 0.717) is 70.8 Å². The van der Waals surface area contributed by atoms with Crippen LogP contribution in [0.3, 0.4) is 0 Å². The van der Waals surface area contributed by atoms with Gasteiger partial charge in [0.25, 0.3) is 47.3 Å². The van der Waals surface area contributed by atoms with E-state index in [1.165, 1.54) is 41.3 Å². The molecule has 16 nitrogen and oxygen atoms in total. The molecule has 0 fully saturated rings. The zero-order valence-corrected chi connectivity index (χ0v) is 57.6. The second-order valence-corrected chi connectivity index (χ2v) is 21.7. The number of amides is 10. The normalized spacial score (nSPS) is 11.8. The van der Waals surface area contributed by atoms with Gasteiger partial charge in [-0.1, -0.05) is 82.0 Å². The van der Waals surface area contributed by atoms with Crippen LogP contribution < -0.4 is 19.6 Å². The number of imide groups is 4. The molecule has 0 saturated heterocycles. The predicted molar refractivity (Wildman–Crippen MR) is 387 cm³/mol. The SMILES string of the molecule is C=C=C=C=C=C=C=C=C=C=C=C=C=C=C=C=C=C=C=C=C=C=C=C=C=C=C=C=C=C=C=C=C=C=C=C(N(C(C)=O)C1=CC(=O)N(c2ccc(Cc3ccc(N4C(=O)C=CC4=O)cc3)cc2)C1=O)N(C(C)=O)C1=CC(=O)N(c2c(CC)cc(Cc3cc(CC)c(N4C(=O)C=CC4=O)c(CC)c3)cc2CC)C1=O. The molecule has 0 spiro atoms. The van der Waals surface area contributed by atoms with Gasteiger partial charge in [0.05, 0.1) is 22.7 Å². The number of hydrogen-bond acceptors (Lipinski definition) is 10. The molecular weight excluding hydrogens is 1330 g/mol. The van der Waals surface area contributed by atoms with Gasteiger partial charge in [-0.2, -0.15) is 0 Å². The Balaban J connectivity index is 1.15. The molecule has 0 aliphatic carbocycles. The van der Waals surface area contributed by atoms with Gasteiger partial charge in [0.15, 0.2) is 5.82 Å². The van der Waals surface area contributed by atoms with Crippen LogP contribution in [0.4, 0.5) is 22.7 Å². The smallest absolute Gasteiger partial charge is 0.274 e. The van der Waals surface area contributed by atoms with Gasteiger partial charge in [0.2, 0.25) is 11.8 Å². The van der Waals surface area contributed by atoms with Crippen LogP contribution in [0.15, 0.2) is 328 Å². The summed E-state index contributed by atoms with van der Waals surface area (Å²) in [5.74, 6) is -8.00. The Kier molecular flexibility index (Phi) is 26.7. The molecule has 4 aromatic carbocycles. The molecule has 4 aromatic rings. The van der Waals surface area contributed by atoms with Crippen molar-refractivity contribution in [1.29, 1.82) is 0 Å². The number of nitrogens with zero attached hydrogens (tertiary/aromatic N) is 6. The molecule has 0 unspecified atom stereocenters. The third kappa shape index (κ3) is 19.3. The van der Waals surface area contributed by atoms with E-state index in [0.717, 1.165) is 74.1 Å². The number of carbonyl (C=O) groups excluding carboxylic acids is 10. The molecular formula is C90H50N6O10. The van der Waals surface area contributed by atoms with Gasteiger partial charge in [0.1, 0.15) is 11.4 Å². The van der Waals surface area contributed by atoms with E-state index in [4.69, 9.17) is 0 Å². The predicted octanol–water partition coefficient (Wildman–Crippen LogP) is 11.6. The second-order valence-electron chi connectivity index (χ2n) is 21.7. The molecule has 10 amide bonds. The first-order valence-electron chi connectivity index (χ1n) is 32.0. The van der Waals surface area contributed by atoms with Crippen molar-refractivity contribution in [3.05, 3.63) is 372 Å². The van der Waals surface area contributed by atoms with Gasteiger partial charge in [-0.3, -0.25) is 57.7 Å². The lowest BCUT2D eigenvalue weighted by molar-refractivity contribution is -0.133. The van der Waals surface area contributed by atoms with E-state index in [1.54, 1.807) is 36.4 Å². The average molecular weight is 1380 g/mol. The fourth-order valence-electron chi connectivity index (χ4n) is 10.6. The number of rotatable bonds is 16. The summed E-state index contributed by atoms with van der Waals surface area (Å²) in [4.78, 5) is 142. The van der Waals surface area contributed by atoms with E-state index in [9.17, 15) is 43.2 Å². The van der Waals surface area contributed by atoms with Gasteiger partial charge in [0, 0.05) is 142 Å². The Morgan fingerprint density at radius 3 is 0.906 bits per heavy atom. The lowest BCUT2D eigenvalue weighted by Gasteiger charge is -2.31. The molecule has 0 saturated carbocycles. The first-order valence-corrected chi connectivity index (χ1v) is 32.0. The fourth-order valence-corrected chi connectivity index (χ4v) is 10.6. The zero-order valence-electron chi connectivity index (χ0n) is 57.6. The molecule has 0 atom stereocenters. The fraction of sp³-hybridized carbons (Fsp3) is 0.133. The molecule has 0 bridgehead atoms. The number of hydrogen-bond donors (Lipinski definition) is 0.